The van der Waals surface area contributed by atoms with E-state index in [2.05, 4.69) is 124 Å². The Morgan fingerprint density at radius 2 is 1.31 bits per heavy atom. The van der Waals surface area contributed by atoms with Crippen molar-refractivity contribution in [3.05, 3.63) is 108 Å². The van der Waals surface area contributed by atoms with Crippen molar-refractivity contribution in [2.45, 2.75) is 91.1 Å². The summed E-state index contributed by atoms with van der Waals surface area (Å²) in [5, 5.41) is 5.47. The quantitative estimate of drug-likeness (QED) is 0.0733. The molecule has 0 aliphatic rings. The molecule has 0 atom stereocenters. The van der Waals surface area contributed by atoms with Crippen LogP contribution in [0.1, 0.15) is 76.3 Å². The first-order valence-electron chi connectivity index (χ1n) is 15.5. The molecule has 0 N–H and O–H groups in total. The minimum absolute atomic E-state index is 0.826. The van der Waals surface area contributed by atoms with Crippen LogP contribution in [0.4, 0.5) is 0 Å². The molecule has 0 nitrogen and oxygen atoms in total. The van der Waals surface area contributed by atoms with Crippen LogP contribution in [0.2, 0.25) is 13.1 Å². The van der Waals surface area contributed by atoms with E-state index in [0.717, 1.165) is 9.52 Å². The van der Waals surface area contributed by atoms with Crippen molar-refractivity contribution >= 4 is 48.1 Å². The predicted octanol–water partition coefficient (Wildman–Crippen LogP) is 13.2. The van der Waals surface area contributed by atoms with Gasteiger partial charge in [-0.3, -0.25) is 0 Å². The molecule has 5 aromatic rings. The Balaban J connectivity index is 0.000000335. The molecule has 2 radical (unpaired) electrons. The molecular weight excluding hydrogens is 647 g/mol. The van der Waals surface area contributed by atoms with Crippen LogP contribution in [0.5, 0.6) is 0 Å². The Morgan fingerprint density at radius 3 is 1.95 bits per heavy atom. The largest absolute Gasteiger partial charge is 0.168 e. The van der Waals surface area contributed by atoms with E-state index in [4.69, 9.17) is 17.0 Å². The summed E-state index contributed by atoms with van der Waals surface area (Å²) >= 11 is -0.826. The van der Waals surface area contributed by atoms with Gasteiger partial charge in [-0.25, -0.2) is 0 Å². The summed E-state index contributed by atoms with van der Waals surface area (Å²) < 4.78 is 0. The monoisotopic (exact) mass is 692 g/mol. The summed E-state index contributed by atoms with van der Waals surface area (Å²) in [4.78, 5) is 0. The van der Waals surface area contributed by atoms with E-state index in [9.17, 15) is 0 Å². The first kappa shape index (κ1) is 36.8. The van der Waals surface area contributed by atoms with Gasteiger partial charge in [0, 0.05) is 9.52 Å². The molecule has 0 saturated carbocycles. The number of hydrogen-bond donors (Lipinski definition) is 0. The van der Waals surface area contributed by atoms with Crippen LogP contribution in [-0.2, 0) is 33.7 Å². The molecule has 0 aliphatic heterocycles. The Bertz CT molecular complexity index is 1320. The minimum Gasteiger partial charge on any atom is -0.168 e. The smallest absolute Gasteiger partial charge is 0.0809 e. The van der Waals surface area contributed by atoms with Crippen molar-refractivity contribution in [1.82, 2.24) is 0 Å². The molecule has 42 heavy (non-hydrogen) atoms. The van der Waals surface area contributed by atoms with E-state index in [-0.39, 0.29) is 0 Å². The van der Waals surface area contributed by atoms with E-state index in [1.165, 1.54) is 108 Å². The van der Waals surface area contributed by atoms with Crippen LogP contribution in [0.3, 0.4) is 0 Å². The molecule has 5 rings (SSSR count). The van der Waals surface area contributed by atoms with Crippen molar-refractivity contribution in [3.8, 4) is 11.1 Å². The second-order valence-corrected chi connectivity index (χ2v) is 15.4. The zero-order valence-corrected chi connectivity index (χ0v) is 31.0. The third-order valence-electron chi connectivity index (χ3n) is 7.26. The van der Waals surface area contributed by atoms with Crippen molar-refractivity contribution < 1.29 is 20.8 Å². The van der Waals surface area contributed by atoms with Gasteiger partial charge in [-0.1, -0.05) is 114 Å². The van der Waals surface area contributed by atoms with Crippen LogP contribution in [0, 0.1) is 0 Å². The summed E-state index contributed by atoms with van der Waals surface area (Å²) in [7, 11) is 11.0. The van der Waals surface area contributed by atoms with Crippen molar-refractivity contribution in [2.24, 2.45) is 0 Å². The van der Waals surface area contributed by atoms with Gasteiger partial charge in [-0.15, -0.1) is 64.2 Å². The third kappa shape index (κ3) is 13.5. The summed E-state index contributed by atoms with van der Waals surface area (Å²) in [5.41, 5.74) is 5.70. The predicted molar refractivity (Wildman–Crippen MR) is 189 cm³/mol. The van der Waals surface area contributed by atoms with E-state index >= 15 is 0 Å². The van der Waals surface area contributed by atoms with Gasteiger partial charge in [0.2, 0.25) is 0 Å². The Labute approximate surface area is 277 Å². The molecule has 5 aromatic carbocycles. The Morgan fingerprint density at radius 1 is 0.690 bits per heavy atom. The van der Waals surface area contributed by atoms with Gasteiger partial charge in [0.1, 0.15) is 0 Å². The summed E-state index contributed by atoms with van der Waals surface area (Å²) in [6, 6.07) is 35.5. The number of rotatable bonds is 11. The molecule has 0 aromatic heterocycles. The number of hydrogen-bond acceptors (Lipinski definition) is 0. The molecule has 0 spiro atoms. The fourth-order valence-corrected chi connectivity index (χ4v) is 5.13. The Kier molecular flexibility index (Phi) is 20.1. The number of halogens is 2. The van der Waals surface area contributed by atoms with Crippen LogP contribution >= 0.6 is 17.0 Å². The molecule has 0 fully saturated rings. The van der Waals surface area contributed by atoms with Crippen LogP contribution in [-0.4, -0.2) is 9.52 Å². The maximum absolute atomic E-state index is 4.93. The van der Waals surface area contributed by atoms with Gasteiger partial charge in [-0.05, 0) is 30.4 Å². The van der Waals surface area contributed by atoms with E-state index in [0.29, 0.717) is 0 Å². The zero-order valence-electron chi connectivity index (χ0n) is 26.1. The first-order valence-corrected chi connectivity index (χ1v) is 23.9. The van der Waals surface area contributed by atoms with Crippen molar-refractivity contribution in [1.29, 1.82) is 0 Å². The second kappa shape index (κ2) is 23.0. The molecule has 0 unspecified atom stereocenters. The van der Waals surface area contributed by atoms with Gasteiger partial charge in [0.25, 0.3) is 0 Å². The minimum atomic E-state index is -0.826. The molecule has 0 amide bonds. The fraction of sp³-hybridized carbons (Fsp3) is 0.368. The molecule has 0 bridgehead atoms. The van der Waals surface area contributed by atoms with Gasteiger partial charge in [0.15, 0.2) is 0 Å². The first-order chi connectivity index (χ1) is 20.6. The van der Waals surface area contributed by atoms with Gasteiger partial charge in [-0.2, -0.15) is 23.6 Å². The van der Waals surface area contributed by atoms with Gasteiger partial charge in [0.05, 0.1) is 0 Å². The average Bonchev–Trinajstić information content (AvgIpc) is 3.66. The Hall–Kier alpha value is -1.44. The van der Waals surface area contributed by atoms with Crippen LogP contribution in [0.15, 0.2) is 97.1 Å². The number of aryl methyl sites for hydroxylation is 2. The topological polar surface area (TPSA) is 0 Å². The maximum Gasteiger partial charge on any atom is -0.0809 e. The zero-order chi connectivity index (χ0) is 30.4. The standard InChI is InChI=1S/C27H35.C9H7.C2H6Si.2ClH.Zr/c1-3-5-7-9-12-22-16-18-24(19-17-22)26-15-11-14-25-20-23(21-27(25)26)13-10-8-6-4-2;1-2-5-9-7-3-6-8(9)4-1;1-3-2;;;/h11,14-21H,3-10,12-13H2,1-2H3;1-7H;1-2H3;2*1H;/q2*-1;;;;+4/p-2. The number of benzene rings is 3. The van der Waals surface area contributed by atoms with Crippen molar-refractivity contribution in [3.63, 3.8) is 0 Å². The molecule has 0 saturated heterocycles. The fourth-order valence-electron chi connectivity index (χ4n) is 5.13. The van der Waals surface area contributed by atoms with Crippen molar-refractivity contribution in [2.75, 3.05) is 0 Å². The van der Waals surface area contributed by atoms with Gasteiger partial charge < -0.3 is 0 Å². The second-order valence-electron chi connectivity index (χ2n) is 10.7. The van der Waals surface area contributed by atoms with E-state index in [1.54, 1.807) is 0 Å². The normalized spacial score (nSPS) is 10.1. The third-order valence-corrected chi connectivity index (χ3v) is 7.26. The van der Waals surface area contributed by atoms with E-state index in [1.807, 2.05) is 0 Å². The van der Waals surface area contributed by atoms with Gasteiger partial charge >= 0.3 is 37.9 Å². The maximum atomic E-state index is 4.93. The van der Waals surface area contributed by atoms with Crippen LogP contribution < -0.4 is 0 Å². The SMILES string of the molecule is CCCCCCc1ccc(-c2cccc3[cH-]c(CCCCCC)cc23)cc1.C[Si]C.[Cl][Zr+2][Cl].c1ccc2[cH-]ccc2c1. The number of fused-ring (bicyclic) bond motifs is 2. The molecule has 4 heteroatoms. The average molecular weight is 695 g/mol. The summed E-state index contributed by atoms with van der Waals surface area (Å²) in [6.07, 6.45) is 13.1. The molecule has 0 aliphatic carbocycles. The summed E-state index contributed by atoms with van der Waals surface area (Å²) in [6.45, 7) is 8.86. The molecular formula is C38H48Cl2SiZr. The molecule has 222 valence electrons. The number of unbranched alkanes of at least 4 members (excludes halogenated alkanes) is 6. The van der Waals surface area contributed by atoms with E-state index < -0.39 is 20.8 Å². The molecule has 0 heterocycles. The van der Waals surface area contributed by atoms with Crippen LogP contribution in [0.25, 0.3) is 32.7 Å². The summed E-state index contributed by atoms with van der Waals surface area (Å²) in [5.74, 6) is 0.